The van der Waals surface area contributed by atoms with Gasteiger partial charge in [-0.2, -0.15) is 5.26 Å². The Bertz CT molecular complexity index is 357. The van der Waals surface area contributed by atoms with Gasteiger partial charge in [-0.25, -0.2) is 0 Å². The molecule has 88 valence electrons. The summed E-state index contributed by atoms with van der Waals surface area (Å²) in [6.45, 7) is 5.58. The van der Waals surface area contributed by atoms with Gasteiger partial charge in [0.05, 0.1) is 11.5 Å². The van der Waals surface area contributed by atoms with Crippen molar-refractivity contribution in [1.82, 2.24) is 4.57 Å². The molecule has 1 aromatic heterocycles. The molecule has 3 nitrogen and oxygen atoms in total. The zero-order valence-corrected chi connectivity index (χ0v) is 10.2. The molecule has 1 aromatic rings. The number of aryl methyl sites for hydroxylation is 1. The summed E-state index contributed by atoms with van der Waals surface area (Å²) in [5.74, 6) is 0. The second-order valence-corrected chi connectivity index (χ2v) is 4.85. The molecule has 1 rings (SSSR count). The van der Waals surface area contributed by atoms with Gasteiger partial charge in [0.25, 0.3) is 0 Å². The highest BCUT2D eigenvalue weighted by molar-refractivity contribution is 5.06. The molecule has 3 heteroatoms. The number of unbranched alkanes of at least 4 members (excludes halogenated alkanes) is 1. The quantitative estimate of drug-likeness (QED) is 0.748. The fourth-order valence-electron chi connectivity index (χ4n) is 1.76. The first-order valence-electron chi connectivity index (χ1n) is 5.84. The monoisotopic (exact) mass is 219 g/mol. The normalized spacial score (nSPS) is 11.4. The third-order valence-corrected chi connectivity index (χ3v) is 2.89. The topological polar surface area (TPSA) is 54.7 Å². The molecule has 0 aliphatic rings. The number of hydrogen-bond donors (Lipinski definition) is 1. The lowest BCUT2D eigenvalue weighted by atomic mass is 9.89. The number of rotatable bonds is 6. The van der Waals surface area contributed by atoms with Crippen LogP contribution in [-0.2, 0) is 13.1 Å². The van der Waals surface area contributed by atoms with E-state index in [4.69, 9.17) is 11.0 Å². The third kappa shape index (κ3) is 3.71. The zero-order valence-electron chi connectivity index (χ0n) is 10.2. The predicted octanol–water partition coefficient (Wildman–Crippen LogP) is 2.67. The Morgan fingerprint density at radius 3 is 2.81 bits per heavy atom. The third-order valence-electron chi connectivity index (χ3n) is 2.89. The second-order valence-electron chi connectivity index (χ2n) is 4.85. The lowest BCUT2D eigenvalue weighted by Crippen LogP contribution is -2.09. The van der Waals surface area contributed by atoms with Crippen molar-refractivity contribution < 1.29 is 0 Å². The van der Waals surface area contributed by atoms with Crippen molar-refractivity contribution in [2.24, 2.45) is 11.1 Å². The minimum atomic E-state index is -0.187. The van der Waals surface area contributed by atoms with Crippen LogP contribution in [0.25, 0.3) is 0 Å². The van der Waals surface area contributed by atoms with E-state index < -0.39 is 0 Å². The van der Waals surface area contributed by atoms with E-state index in [9.17, 15) is 0 Å². The van der Waals surface area contributed by atoms with Crippen molar-refractivity contribution in [2.75, 3.05) is 0 Å². The van der Waals surface area contributed by atoms with Crippen molar-refractivity contribution in [3.8, 4) is 6.07 Å². The first-order chi connectivity index (χ1) is 7.59. The van der Waals surface area contributed by atoms with Crippen LogP contribution in [-0.4, -0.2) is 4.57 Å². The second kappa shape index (κ2) is 5.72. The molecule has 0 amide bonds. The van der Waals surface area contributed by atoms with Gasteiger partial charge >= 0.3 is 0 Å². The molecule has 0 saturated carbocycles. The van der Waals surface area contributed by atoms with Crippen LogP contribution in [0, 0.1) is 16.7 Å². The van der Waals surface area contributed by atoms with Gasteiger partial charge in [-0.3, -0.25) is 0 Å². The van der Waals surface area contributed by atoms with Gasteiger partial charge in [-0.15, -0.1) is 0 Å². The highest BCUT2D eigenvalue weighted by Crippen LogP contribution is 2.21. The number of aromatic nitrogens is 1. The lowest BCUT2D eigenvalue weighted by molar-refractivity contribution is 0.416. The molecule has 0 aliphatic carbocycles. The molecule has 0 bridgehead atoms. The number of nitrogens with two attached hydrogens (primary N) is 1. The van der Waals surface area contributed by atoms with Crippen LogP contribution in [0.15, 0.2) is 18.3 Å². The van der Waals surface area contributed by atoms with Crippen LogP contribution < -0.4 is 5.73 Å². The molecule has 1 heterocycles. The molecule has 0 radical (unpaired) electrons. The van der Waals surface area contributed by atoms with Gasteiger partial charge in [-0.05, 0) is 38.8 Å². The fraction of sp³-hybridized carbons (Fsp3) is 0.615. The molecule has 2 N–H and O–H groups in total. The van der Waals surface area contributed by atoms with E-state index in [1.54, 1.807) is 0 Å². The van der Waals surface area contributed by atoms with E-state index in [0.717, 1.165) is 25.8 Å². The van der Waals surface area contributed by atoms with Crippen LogP contribution in [0.5, 0.6) is 0 Å². The van der Waals surface area contributed by atoms with Gasteiger partial charge < -0.3 is 10.3 Å². The van der Waals surface area contributed by atoms with Crippen LogP contribution in [0.2, 0.25) is 0 Å². The van der Waals surface area contributed by atoms with Gasteiger partial charge in [0, 0.05) is 25.0 Å². The summed E-state index contributed by atoms with van der Waals surface area (Å²) in [5.41, 5.74) is 6.62. The van der Waals surface area contributed by atoms with Crippen LogP contribution in [0.1, 0.15) is 38.8 Å². The Hall–Kier alpha value is -1.27. The molecule has 0 saturated heterocycles. The molecular formula is C13H21N3. The molecule has 0 spiro atoms. The first-order valence-corrected chi connectivity index (χ1v) is 5.84. The molecule has 0 aliphatic heterocycles. The summed E-state index contributed by atoms with van der Waals surface area (Å²) in [6.07, 6.45) is 5.22. The average molecular weight is 219 g/mol. The molecule has 0 aromatic carbocycles. The van der Waals surface area contributed by atoms with E-state index in [0.29, 0.717) is 6.54 Å². The smallest absolute Gasteiger partial charge is 0.0683 e. The summed E-state index contributed by atoms with van der Waals surface area (Å²) in [7, 11) is 0. The Balaban J connectivity index is 2.29. The average Bonchev–Trinajstić information content (AvgIpc) is 2.72. The van der Waals surface area contributed by atoms with Gasteiger partial charge in [0.1, 0.15) is 0 Å². The van der Waals surface area contributed by atoms with E-state index >= 15 is 0 Å². The number of nitriles is 1. The SMILES string of the molecule is CC(C)(C#N)CCCCn1cccc1CN. The maximum absolute atomic E-state index is 8.89. The Morgan fingerprint density at radius 1 is 1.44 bits per heavy atom. The molecular weight excluding hydrogens is 198 g/mol. The molecule has 0 fully saturated rings. The summed E-state index contributed by atoms with van der Waals surface area (Å²) in [5, 5.41) is 8.89. The molecule has 0 atom stereocenters. The summed E-state index contributed by atoms with van der Waals surface area (Å²) in [6, 6.07) is 6.41. The Labute approximate surface area is 97.9 Å². The van der Waals surface area contributed by atoms with Crippen molar-refractivity contribution >= 4 is 0 Å². The molecule has 16 heavy (non-hydrogen) atoms. The van der Waals surface area contributed by atoms with E-state index in [1.807, 2.05) is 19.9 Å². The standard InChI is InChI=1S/C13H21N3/c1-13(2,11-15)7-3-4-8-16-9-5-6-12(16)10-14/h5-6,9H,3-4,7-8,10,14H2,1-2H3. The largest absolute Gasteiger partial charge is 0.350 e. The Kier molecular flexibility index (Phi) is 4.57. The van der Waals surface area contributed by atoms with Crippen LogP contribution >= 0.6 is 0 Å². The summed E-state index contributed by atoms with van der Waals surface area (Å²) in [4.78, 5) is 0. The van der Waals surface area contributed by atoms with Crippen molar-refractivity contribution in [2.45, 2.75) is 46.2 Å². The number of nitrogens with zero attached hydrogens (tertiary/aromatic N) is 2. The van der Waals surface area contributed by atoms with Gasteiger partial charge in [0.15, 0.2) is 0 Å². The van der Waals surface area contributed by atoms with Crippen molar-refractivity contribution in [3.63, 3.8) is 0 Å². The van der Waals surface area contributed by atoms with Crippen LogP contribution in [0.4, 0.5) is 0 Å². The highest BCUT2D eigenvalue weighted by atomic mass is 15.0. The number of hydrogen-bond acceptors (Lipinski definition) is 2. The maximum atomic E-state index is 8.89. The van der Waals surface area contributed by atoms with Crippen molar-refractivity contribution in [1.29, 1.82) is 5.26 Å². The van der Waals surface area contributed by atoms with Crippen molar-refractivity contribution in [3.05, 3.63) is 24.0 Å². The fourth-order valence-corrected chi connectivity index (χ4v) is 1.76. The zero-order chi connectivity index (χ0) is 12.0. The first kappa shape index (κ1) is 12.8. The van der Waals surface area contributed by atoms with Gasteiger partial charge in [-0.1, -0.05) is 6.42 Å². The maximum Gasteiger partial charge on any atom is 0.0683 e. The Morgan fingerprint density at radius 2 is 2.19 bits per heavy atom. The minimum absolute atomic E-state index is 0.187. The van der Waals surface area contributed by atoms with Gasteiger partial charge in [0.2, 0.25) is 0 Å². The predicted molar refractivity (Wildman–Crippen MR) is 65.6 cm³/mol. The summed E-state index contributed by atoms with van der Waals surface area (Å²) >= 11 is 0. The van der Waals surface area contributed by atoms with Crippen LogP contribution in [0.3, 0.4) is 0 Å². The summed E-state index contributed by atoms with van der Waals surface area (Å²) < 4.78 is 2.19. The highest BCUT2D eigenvalue weighted by Gasteiger charge is 2.15. The van der Waals surface area contributed by atoms with E-state index in [2.05, 4.69) is 22.9 Å². The lowest BCUT2D eigenvalue weighted by Gasteiger charge is -2.14. The van der Waals surface area contributed by atoms with E-state index in [1.165, 1.54) is 5.69 Å². The van der Waals surface area contributed by atoms with E-state index in [-0.39, 0.29) is 5.41 Å². The molecule has 0 unspecified atom stereocenters. The minimum Gasteiger partial charge on any atom is -0.350 e.